The minimum atomic E-state index is 0.423. The molecule has 0 atom stereocenters. The van der Waals surface area contributed by atoms with Gasteiger partial charge in [-0.3, -0.25) is 0 Å². The maximum atomic E-state index is 5.70. The van der Waals surface area contributed by atoms with Crippen LogP contribution in [0.3, 0.4) is 0 Å². The lowest BCUT2D eigenvalue weighted by Crippen LogP contribution is -2.04. The number of aromatic amines is 1. The molecule has 2 heterocycles. The summed E-state index contributed by atoms with van der Waals surface area (Å²) < 4.78 is 11.0. The molecule has 0 unspecified atom stereocenters. The number of rotatable bonds is 5. The number of nitrogens with one attached hydrogen (secondary N) is 1. The van der Waals surface area contributed by atoms with Crippen molar-refractivity contribution in [1.29, 1.82) is 0 Å². The second-order valence-corrected chi connectivity index (χ2v) is 4.01. The fourth-order valence-electron chi connectivity index (χ4n) is 1.80. The molecule has 0 bridgehead atoms. The smallest absolute Gasteiger partial charge is 0.177 e. The molecule has 0 amide bonds. The van der Waals surface area contributed by atoms with Crippen LogP contribution in [-0.2, 0) is 6.42 Å². The van der Waals surface area contributed by atoms with Crippen LogP contribution in [0.5, 0.6) is 11.5 Å². The third-order valence-electron chi connectivity index (χ3n) is 2.76. The highest BCUT2D eigenvalue weighted by atomic mass is 16.5. The first kappa shape index (κ1) is 12.3. The molecule has 0 aliphatic carbocycles. The van der Waals surface area contributed by atoms with Crippen molar-refractivity contribution >= 4 is 10.9 Å². The van der Waals surface area contributed by atoms with Crippen molar-refractivity contribution in [2.24, 2.45) is 0 Å². The van der Waals surface area contributed by atoms with Gasteiger partial charge < -0.3 is 9.47 Å². The van der Waals surface area contributed by atoms with Gasteiger partial charge in [-0.25, -0.2) is 9.97 Å². The molecule has 102 valence electrons. The zero-order valence-corrected chi connectivity index (χ0v) is 10.8. The lowest BCUT2D eigenvalue weighted by molar-refractivity contribution is 0.296. The summed E-state index contributed by atoms with van der Waals surface area (Å²) in [5.41, 5.74) is 0.801. The van der Waals surface area contributed by atoms with Crippen molar-refractivity contribution < 1.29 is 9.47 Å². The van der Waals surface area contributed by atoms with E-state index in [9.17, 15) is 0 Å². The lowest BCUT2D eigenvalue weighted by atomic mass is 10.2. The summed E-state index contributed by atoms with van der Waals surface area (Å²) in [6.07, 6.45) is 3.79. The van der Waals surface area contributed by atoms with Crippen LogP contribution in [-0.4, -0.2) is 44.3 Å². The Hall–Kier alpha value is -2.77. The quantitative estimate of drug-likeness (QED) is 0.732. The maximum Gasteiger partial charge on any atom is 0.177 e. The topological polar surface area (TPSA) is 98.7 Å². The zero-order chi connectivity index (χ0) is 13.8. The summed E-state index contributed by atoms with van der Waals surface area (Å²) in [4.78, 5) is 8.17. The molecule has 0 radical (unpaired) electrons. The Balaban J connectivity index is 1.78. The zero-order valence-electron chi connectivity index (χ0n) is 10.8. The van der Waals surface area contributed by atoms with Gasteiger partial charge in [-0.1, -0.05) is 5.21 Å². The Labute approximate surface area is 114 Å². The molecule has 20 heavy (non-hydrogen) atoms. The second kappa shape index (κ2) is 5.47. The van der Waals surface area contributed by atoms with Crippen molar-refractivity contribution in [3.05, 3.63) is 30.5 Å². The van der Waals surface area contributed by atoms with Gasteiger partial charge in [-0.15, -0.1) is 10.2 Å². The van der Waals surface area contributed by atoms with E-state index in [1.165, 1.54) is 6.33 Å². The molecule has 3 rings (SSSR count). The molecule has 1 aromatic carbocycles. The van der Waals surface area contributed by atoms with Gasteiger partial charge in [0.25, 0.3) is 0 Å². The van der Waals surface area contributed by atoms with Gasteiger partial charge in [0.1, 0.15) is 6.33 Å². The number of methoxy groups -OCH3 is 1. The first-order valence-electron chi connectivity index (χ1n) is 5.99. The van der Waals surface area contributed by atoms with Crippen LogP contribution >= 0.6 is 0 Å². The summed E-state index contributed by atoms with van der Waals surface area (Å²) in [6, 6.07) is 3.67. The Kier molecular flexibility index (Phi) is 3.36. The molecule has 2 aromatic heterocycles. The van der Waals surface area contributed by atoms with Crippen molar-refractivity contribution in [1.82, 2.24) is 30.6 Å². The Morgan fingerprint density at radius 3 is 3.00 bits per heavy atom. The van der Waals surface area contributed by atoms with Gasteiger partial charge in [0.15, 0.2) is 17.3 Å². The van der Waals surface area contributed by atoms with Crippen molar-refractivity contribution in [2.45, 2.75) is 6.42 Å². The molecule has 0 aliphatic rings. The third kappa shape index (κ3) is 2.48. The number of tetrazole rings is 1. The SMILES string of the molecule is COc1cc2cncnc2cc1OCCc1nn[nH]n1. The van der Waals surface area contributed by atoms with Crippen molar-refractivity contribution in [3.8, 4) is 11.5 Å². The Morgan fingerprint density at radius 1 is 1.25 bits per heavy atom. The highest BCUT2D eigenvalue weighted by Crippen LogP contribution is 2.31. The Bertz CT molecular complexity index is 700. The van der Waals surface area contributed by atoms with Crippen LogP contribution < -0.4 is 9.47 Å². The molecule has 0 aliphatic heterocycles. The predicted octanol–water partition coefficient (Wildman–Crippen LogP) is 0.773. The van der Waals surface area contributed by atoms with Gasteiger partial charge >= 0.3 is 0 Å². The van der Waals surface area contributed by atoms with E-state index < -0.39 is 0 Å². The Morgan fingerprint density at radius 2 is 2.20 bits per heavy atom. The largest absolute Gasteiger partial charge is 0.493 e. The van der Waals surface area contributed by atoms with E-state index in [1.54, 1.807) is 13.3 Å². The molecular formula is C12H12N6O2. The van der Waals surface area contributed by atoms with Crippen LogP contribution in [0.1, 0.15) is 5.82 Å². The van der Waals surface area contributed by atoms with E-state index in [4.69, 9.17) is 9.47 Å². The fraction of sp³-hybridized carbons (Fsp3) is 0.250. The fourth-order valence-corrected chi connectivity index (χ4v) is 1.80. The number of aromatic nitrogens is 6. The first-order chi connectivity index (χ1) is 9.86. The van der Waals surface area contributed by atoms with Gasteiger partial charge in [0.05, 0.1) is 19.2 Å². The molecule has 0 spiro atoms. The van der Waals surface area contributed by atoms with E-state index in [-0.39, 0.29) is 0 Å². The van der Waals surface area contributed by atoms with Crippen molar-refractivity contribution in [2.75, 3.05) is 13.7 Å². The van der Waals surface area contributed by atoms with E-state index in [1.807, 2.05) is 12.1 Å². The summed E-state index contributed by atoms with van der Waals surface area (Å²) in [5.74, 6) is 1.87. The van der Waals surface area contributed by atoms with Crippen molar-refractivity contribution in [3.63, 3.8) is 0 Å². The summed E-state index contributed by atoms with van der Waals surface area (Å²) in [5, 5.41) is 14.5. The molecular weight excluding hydrogens is 260 g/mol. The lowest BCUT2D eigenvalue weighted by Gasteiger charge is -2.10. The molecule has 3 aromatic rings. The molecule has 1 N–H and O–H groups in total. The van der Waals surface area contributed by atoms with Crippen LogP contribution in [0.4, 0.5) is 0 Å². The number of hydrogen-bond acceptors (Lipinski definition) is 7. The number of benzene rings is 1. The second-order valence-electron chi connectivity index (χ2n) is 4.01. The summed E-state index contributed by atoms with van der Waals surface area (Å²) in [7, 11) is 1.59. The number of nitrogens with zero attached hydrogens (tertiary/aromatic N) is 5. The summed E-state index contributed by atoms with van der Waals surface area (Å²) in [6.45, 7) is 0.423. The van der Waals surface area contributed by atoms with E-state index >= 15 is 0 Å². The van der Waals surface area contributed by atoms with E-state index in [0.29, 0.717) is 30.4 Å². The van der Waals surface area contributed by atoms with Crippen LogP contribution in [0, 0.1) is 0 Å². The first-order valence-corrected chi connectivity index (χ1v) is 5.99. The minimum absolute atomic E-state index is 0.423. The average Bonchev–Trinajstić information content (AvgIpc) is 3.00. The van der Waals surface area contributed by atoms with Crippen LogP contribution in [0.25, 0.3) is 10.9 Å². The molecule has 8 heteroatoms. The standard InChI is InChI=1S/C12H12N6O2/c1-19-10-4-8-6-13-7-14-9(8)5-11(10)20-3-2-12-15-17-18-16-12/h4-7H,2-3H2,1H3,(H,15,16,17,18). The normalized spacial score (nSPS) is 10.7. The minimum Gasteiger partial charge on any atom is -0.493 e. The maximum absolute atomic E-state index is 5.70. The number of hydrogen-bond donors (Lipinski definition) is 1. The van der Waals surface area contributed by atoms with Gasteiger partial charge in [-0.2, -0.15) is 5.21 Å². The van der Waals surface area contributed by atoms with Gasteiger partial charge in [0.2, 0.25) is 0 Å². The monoisotopic (exact) mass is 272 g/mol. The highest BCUT2D eigenvalue weighted by Gasteiger charge is 2.08. The predicted molar refractivity (Wildman–Crippen MR) is 69.5 cm³/mol. The molecule has 0 saturated heterocycles. The molecule has 0 fully saturated rings. The van der Waals surface area contributed by atoms with E-state index in [2.05, 4.69) is 30.6 Å². The average molecular weight is 272 g/mol. The third-order valence-corrected chi connectivity index (χ3v) is 2.76. The molecule has 0 saturated carbocycles. The number of ether oxygens (including phenoxy) is 2. The number of fused-ring (bicyclic) bond motifs is 1. The highest BCUT2D eigenvalue weighted by molar-refractivity contribution is 5.81. The van der Waals surface area contributed by atoms with Gasteiger partial charge in [-0.05, 0) is 6.07 Å². The van der Waals surface area contributed by atoms with Crippen LogP contribution in [0.15, 0.2) is 24.7 Å². The van der Waals surface area contributed by atoms with Gasteiger partial charge in [0, 0.05) is 24.1 Å². The van der Waals surface area contributed by atoms with Crippen LogP contribution in [0.2, 0.25) is 0 Å². The van der Waals surface area contributed by atoms with E-state index in [0.717, 1.165) is 10.9 Å². The summed E-state index contributed by atoms with van der Waals surface area (Å²) >= 11 is 0. The molecule has 8 nitrogen and oxygen atoms in total. The number of H-pyrrole nitrogens is 1.